The van der Waals surface area contributed by atoms with Gasteiger partial charge in [-0.15, -0.1) is 5.10 Å². The Hall–Kier alpha value is -1.48. The summed E-state index contributed by atoms with van der Waals surface area (Å²) in [5.41, 5.74) is 0.563. The summed E-state index contributed by atoms with van der Waals surface area (Å²) in [5, 5.41) is 12.8. The van der Waals surface area contributed by atoms with E-state index in [-0.39, 0.29) is 11.3 Å². The molecule has 1 aromatic rings. The second-order valence-corrected chi connectivity index (χ2v) is 6.59. The molecule has 0 bridgehead atoms. The summed E-state index contributed by atoms with van der Waals surface area (Å²) in [6.45, 7) is 6.58. The lowest BCUT2D eigenvalue weighted by Crippen LogP contribution is -2.34. The zero-order valence-electron chi connectivity index (χ0n) is 11.5. The minimum Gasteiger partial charge on any atom is -0.334 e. The summed E-state index contributed by atoms with van der Waals surface area (Å²) in [6.07, 6.45) is 2.45. The average molecular weight is 278 g/mol. The van der Waals surface area contributed by atoms with E-state index < -0.39 is 0 Å². The average Bonchev–Trinajstić information content (AvgIpc) is 3.03. The van der Waals surface area contributed by atoms with Crippen molar-refractivity contribution in [1.82, 2.24) is 14.5 Å². The first-order valence-electron chi connectivity index (χ1n) is 6.46. The standard InChI is InChI=1S/C13H18N4OS/c1-13(2,3)11-10(19-16-15-11)12(18)17(8-4-7-14)9-5-6-9/h9H,4-6,8H2,1-3H3. The van der Waals surface area contributed by atoms with Crippen LogP contribution >= 0.6 is 11.5 Å². The van der Waals surface area contributed by atoms with Crippen LogP contribution in [-0.2, 0) is 5.41 Å². The summed E-state index contributed by atoms with van der Waals surface area (Å²) in [5.74, 6) is -0.0160. The number of rotatable bonds is 4. The Morgan fingerprint density at radius 3 is 2.74 bits per heavy atom. The highest BCUT2D eigenvalue weighted by Crippen LogP contribution is 2.32. The fourth-order valence-corrected chi connectivity index (χ4v) is 2.79. The molecule has 1 fully saturated rings. The minimum absolute atomic E-state index is 0.0160. The van der Waals surface area contributed by atoms with Crippen molar-refractivity contribution in [3.05, 3.63) is 10.6 Å². The third-order valence-corrected chi connectivity index (χ3v) is 3.82. The summed E-state index contributed by atoms with van der Waals surface area (Å²) < 4.78 is 3.93. The highest BCUT2D eigenvalue weighted by molar-refractivity contribution is 7.08. The first-order valence-corrected chi connectivity index (χ1v) is 7.23. The molecular weight excluding hydrogens is 260 g/mol. The van der Waals surface area contributed by atoms with Gasteiger partial charge in [-0.1, -0.05) is 25.3 Å². The molecule has 5 nitrogen and oxygen atoms in total. The van der Waals surface area contributed by atoms with Crippen molar-refractivity contribution in [2.45, 2.75) is 51.5 Å². The molecule has 1 aliphatic carbocycles. The van der Waals surface area contributed by atoms with Gasteiger partial charge in [0.25, 0.3) is 5.91 Å². The van der Waals surface area contributed by atoms with Gasteiger partial charge in [0.15, 0.2) is 0 Å². The number of nitriles is 1. The Kier molecular flexibility index (Phi) is 3.85. The van der Waals surface area contributed by atoms with E-state index in [0.717, 1.165) is 30.1 Å². The summed E-state index contributed by atoms with van der Waals surface area (Å²) in [7, 11) is 0. The topological polar surface area (TPSA) is 69.9 Å². The van der Waals surface area contributed by atoms with Gasteiger partial charge in [0.05, 0.1) is 18.2 Å². The fraction of sp³-hybridized carbons (Fsp3) is 0.692. The van der Waals surface area contributed by atoms with Crippen LogP contribution in [0.3, 0.4) is 0 Å². The molecule has 0 unspecified atom stereocenters. The summed E-state index contributed by atoms with van der Waals surface area (Å²) >= 11 is 1.16. The number of nitrogens with zero attached hydrogens (tertiary/aromatic N) is 4. The Labute approximate surface area is 117 Å². The lowest BCUT2D eigenvalue weighted by atomic mass is 9.91. The number of carbonyl (C=O) groups is 1. The van der Waals surface area contributed by atoms with Gasteiger partial charge in [0.1, 0.15) is 4.88 Å². The molecule has 6 heteroatoms. The van der Waals surface area contributed by atoms with E-state index in [1.807, 2.05) is 25.7 Å². The molecule has 2 rings (SSSR count). The van der Waals surface area contributed by atoms with Crippen molar-refractivity contribution < 1.29 is 4.79 Å². The van der Waals surface area contributed by atoms with E-state index in [1.165, 1.54) is 0 Å². The number of carbonyl (C=O) groups excluding carboxylic acids is 1. The van der Waals surface area contributed by atoms with E-state index in [4.69, 9.17) is 5.26 Å². The third-order valence-electron chi connectivity index (χ3n) is 3.11. The molecule has 1 saturated carbocycles. The van der Waals surface area contributed by atoms with Gasteiger partial charge in [-0.05, 0) is 24.4 Å². The van der Waals surface area contributed by atoms with Gasteiger partial charge in [0.2, 0.25) is 0 Å². The lowest BCUT2D eigenvalue weighted by molar-refractivity contribution is 0.0749. The molecule has 102 valence electrons. The molecule has 1 amide bonds. The van der Waals surface area contributed by atoms with Crippen LogP contribution in [-0.4, -0.2) is 33.0 Å². The molecule has 0 N–H and O–H groups in total. The van der Waals surface area contributed by atoms with Crippen LogP contribution in [0.4, 0.5) is 0 Å². The van der Waals surface area contributed by atoms with Crippen LogP contribution < -0.4 is 0 Å². The Bertz CT molecular complexity index is 507. The third kappa shape index (κ3) is 3.10. The Morgan fingerprint density at radius 1 is 1.53 bits per heavy atom. The molecule has 1 aromatic heterocycles. The van der Waals surface area contributed by atoms with Gasteiger partial charge < -0.3 is 4.90 Å². The number of hydrogen-bond donors (Lipinski definition) is 0. The van der Waals surface area contributed by atoms with Gasteiger partial charge in [-0.3, -0.25) is 4.79 Å². The Balaban J connectivity index is 2.22. The fourth-order valence-electron chi connectivity index (χ4n) is 1.96. The van der Waals surface area contributed by atoms with Gasteiger partial charge in [-0.2, -0.15) is 5.26 Å². The number of amides is 1. The molecule has 0 spiro atoms. The first-order chi connectivity index (χ1) is 8.95. The minimum atomic E-state index is -0.192. The molecule has 19 heavy (non-hydrogen) atoms. The van der Waals surface area contributed by atoms with E-state index in [1.54, 1.807) is 0 Å². The van der Waals surface area contributed by atoms with E-state index >= 15 is 0 Å². The first kappa shape index (κ1) is 13.9. The van der Waals surface area contributed by atoms with Crippen LogP contribution in [0.15, 0.2) is 0 Å². The van der Waals surface area contributed by atoms with E-state index in [9.17, 15) is 4.79 Å². The SMILES string of the molecule is CC(C)(C)c1nnsc1C(=O)N(CCC#N)C1CC1. The second-order valence-electron chi connectivity index (χ2n) is 5.84. The van der Waals surface area contributed by atoms with E-state index in [0.29, 0.717) is 23.9 Å². The smallest absolute Gasteiger partial charge is 0.267 e. The van der Waals surface area contributed by atoms with Crippen molar-refractivity contribution in [2.24, 2.45) is 0 Å². The van der Waals surface area contributed by atoms with E-state index in [2.05, 4.69) is 15.7 Å². The molecule has 0 aliphatic heterocycles. The van der Waals surface area contributed by atoms with Crippen LogP contribution in [0.25, 0.3) is 0 Å². The Morgan fingerprint density at radius 2 is 2.21 bits per heavy atom. The summed E-state index contributed by atoms with van der Waals surface area (Å²) in [6, 6.07) is 2.41. The molecular formula is C13H18N4OS. The predicted octanol–water partition coefficient (Wildman–Crippen LogP) is 2.35. The maximum atomic E-state index is 12.6. The van der Waals surface area contributed by atoms with Crippen LogP contribution in [0.1, 0.15) is 55.4 Å². The van der Waals surface area contributed by atoms with Gasteiger partial charge in [-0.25, -0.2) is 0 Å². The zero-order chi connectivity index (χ0) is 14.0. The van der Waals surface area contributed by atoms with Crippen molar-refractivity contribution >= 4 is 17.4 Å². The maximum Gasteiger partial charge on any atom is 0.267 e. The van der Waals surface area contributed by atoms with Crippen molar-refractivity contribution in [3.8, 4) is 6.07 Å². The number of hydrogen-bond acceptors (Lipinski definition) is 5. The largest absolute Gasteiger partial charge is 0.334 e. The summed E-state index contributed by atoms with van der Waals surface area (Å²) in [4.78, 5) is 15.0. The normalized spacial score (nSPS) is 15.1. The zero-order valence-corrected chi connectivity index (χ0v) is 12.3. The molecule has 0 radical (unpaired) electrons. The molecule has 0 atom stereocenters. The predicted molar refractivity (Wildman–Crippen MR) is 72.9 cm³/mol. The molecule has 0 aromatic carbocycles. The molecule has 1 heterocycles. The van der Waals surface area contributed by atoms with Crippen LogP contribution in [0, 0.1) is 11.3 Å². The van der Waals surface area contributed by atoms with Gasteiger partial charge in [0, 0.05) is 18.0 Å². The van der Waals surface area contributed by atoms with Gasteiger partial charge >= 0.3 is 0 Å². The molecule has 0 saturated heterocycles. The van der Waals surface area contributed by atoms with Crippen LogP contribution in [0.2, 0.25) is 0 Å². The quantitative estimate of drug-likeness (QED) is 0.847. The molecule has 1 aliphatic rings. The van der Waals surface area contributed by atoms with Crippen molar-refractivity contribution in [1.29, 1.82) is 5.26 Å². The second kappa shape index (κ2) is 5.25. The lowest BCUT2D eigenvalue weighted by Gasteiger charge is -2.22. The highest BCUT2D eigenvalue weighted by Gasteiger charge is 2.36. The highest BCUT2D eigenvalue weighted by atomic mass is 32.1. The monoisotopic (exact) mass is 278 g/mol. The van der Waals surface area contributed by atoms with Crippen molar-refractivity contribution in [2.75, 3.05) is 6.54 Å². The number of aromatic nitrogens is 2. The van der Waals surface area contributed by atoms with Crippen molar-refractivity contribution in [3.63, 3.8) is 0 Å². The van der Waals surface area contributed by atoms with Crippen LogP contribution in [0.5, 0.6) is 0 Å². The maximum absolute atomic E-state index is 12.6.